The second kappa shape index (κ2) is 9.26. The van der Waals surface area contributed by atoms with Crippen LogP contribution < -0.4 is 15.0 Å². The van der Waals surface area contributed by atoms with Crippen molar-refractivity contribution in [3.63, 3.8) is 0 Å². The monoisotopic (exact) mass is 464 g/mol. The number of amides is 4. The zero-order valence-electron chi connectivity index (χ0n) is 17.5. The predicted octanol–water partition coefficient (Wildman–Crippen LogP) is 5.03. The van der Waals surface area contributed by atoms with E-state index in [1.807, 2.05) is 0 Å². The average Bonchev–Trinajstić information content (AvgIpc) is 2.79. The first-order valence-corrected chi connectivity index (χ1v) is 10.3. The Hall–Kier alpha value is -3.97. The van der Waals surface area contributed by atoms with E-state index in [4.69, 9.17) is 16.3 Å². The summed E-state index contributed by atoms with van der Waals surface area (Å²) in [6.45, 7) is 2.06. The molecule has 0 saturated carbocycles. The number of halogens is 2. The minimum Gasteiger partial charge on any atom is -0.489 e. The van der Waals surface area contributed by atoms with E-state index >= 15 is 0 Å². The van der Waals surface area contributed by atoms with Gasteiger partial charge in [0, 0.05) is 5.02 Å². The van der Waals surface area contributed by atoms with E-state index in [-0.39, 0.29) is 23.7 Å². The predicted molar refractivity (Wildman–Crippen MR) is 122 cm³/mol. The second-order valence-electron chi connectivity index (χ2n) is 7.38. The van der Waals surface area contributed by atoms with E-state index in [0.29, 0.717) is 16.3 Å². The molecule has 3 aromatic rings. The van der Waals surface area contributed by atoms with Gasteiger partial charge in [-0.3, -0.25) is 14.9 Å². The number of aryl methyl sites for hydroxylation is 1. The molecule has 0 atom stereocenters. The number of hydrogen-bond acceptors (Lipinski definition) is 4. The lowest BCUT2D eigenvalue weighted by atomic mass is 10.1. The van der Waals surface area contributed by atoms with Gasteiger partial charge in [-0.2, -0.15) is 0 Å². The topological polar surface area (TPSA) is 75.7 Å². The van der Waals surface area contributed by atoms with Gasteiger partial charge in [-0.05, 0) is 66.1 Å². The first kappa shape index (κ1) is 22.2. The van der Waals surface area contributed by atoms with Crippen LogP contribution in [0.4, 0.5) is 14.9 Å². The lowest BCUT2D eigenvalue weighted by Crippen LogP contribution is -2.54. The van der Waals surface area contributed by atoms with Gasteiger partial charge < -0.3 is 4.74 Å². The molecule has 1 fully saturated rings. The molecule has 0 radical (unpaired) electrons. The summed E-state index contributed by atoms with van der Waals surface area (Å²) in [6, 6.07) is 16.6. The molecule has 8 heteroatoms. The SMILES string of the molecule is Cc1ccc(N2C(=O)NC(=O)/C(=C/c3ccc(OCc4ccc(F)cc4)cc3)C2=O)cc1Cl. The van der Waals surface area contributed by atoms with Crippen LogP contribution in [0, 0.1) is 12.7 Å². The van der Waals surface area contributed by atoms with Crippen molar-refractivity contribution in [3.8, 4) is 5.75 Å². The van der Waals surface area contributed by atoms with E-state index in [9.17, 15) is 18.8 Å². The van der Waals surface area contributed by atoms with Crippen molar-refractivity contribution in [1.29, 1.82) is 0 Å². The normalized spacial score (nSPS) is 15.1. The second-order valence-corrected chi connectivity index (χ2v) is 7.78. The lowest BCUT2D eigenvalue weighted by Gasteiger charge is -2.26. The minimum atomic E-state index is -0.841. The fraction of sp³-hybridized carbons (Fsp3) is 0.0800. The van der Waals surface area contributed by atoms with Gasteiger partial charge in [0.15, 0.2) is 0 Å². The summed E-state index contributed by atoms with van der Waals surface area (Å²) in [5.74, 6) is -1.29. The Kier molecular flexibility index (Phi) is 6.24. The van der Waals surface area contributed by atoms with Crippen molar-refractivity contribution < 1.29 is 23.5 Å². The Balaban J connectivity index is 1.52. The summed E-state index contributed by atoms with van der Waals surface area (Å²) in [5.41, 5.74) is 2.24. The zero-order valence-corrected chi connectivity index (χ0v) is 18.2. The standard InChI is InChI=1S/C25H18ClFN2O4/c1-15-2-9-19(13-22(15)26)29-24(31)21(23(30)28-25(29)32)12-16-5-10-20(11-6-16)33-14-17-3-7-18(27)8-4-17/h2-13H,14H2,1H3,(H,28,30,32)/b21-12-. The number of carbonyl (C=O) groups excluding carboxylic acids is 3. The summed E-state index contributed by atoms with van der Waals surface area (Å²) in [6.07, 6.45) is 1.40. The van der Waals surface area contributed by atoms with Crippen molar-refractivity contribution >= 4 is 41.2 Å². The molecule has 0 unspecified atom stereocenters. The molecule has 1 N–H and O–H groups in total. The molecule has 0 spiro atoms. The van der Waals surface area contributed by atoms with Crippen LogP contribution in [-0.4, -0.2) is 17.8 Å². The van der Waals surface area contributed by atoms with Crippen molar-refractivity contribution in [2.75, 3.05) is 4.90 Å². The summed E-state index contributed by atoms with van der Waals surface area (Å²) in [7, 11) is 0. The van der Waals surface area contributed by atoms with Crippen LogP contribution in [0.2, 0.25) is 5.02 Å². The molecule has 1 saturated heterocycles. The van der Waals surface area contributed by atoms with Gasteiger partial charge in [0.2, 0.25) is 0 Å². The number of anilines is 1. The van der Waals surface area contributed by atoms with Crippen molar-refractivity contribution in [2.24, 2.45) is 0 Å². The third kappa shape index (κ3) is 4.94. The van der Waals surface area contributed by atoms with Gasteiger partial charge in [0.1, 0.15) is 23.7 Å². The molecular weight excluding hydrogens is 447 g/mol. The van der Waals surface area contributed by atoms with E-state index in [1.54, 1.807) is 55.5 Å². The first-order chi connectivity index (χ1) is 15.8. The van der Waals surface area contributed by atoms with Crippen LogP contribution in [0.25, 0.3) is 6.08 Å². The van der Waals surface area contributed by atoms with Gasteiger partial charge in [0.05, 0.1) is 5.69 Å². The number of nitrogens with zero attached hydrogens (tertiary/aromatic N) is 1. The fourth-order valence-electron chi connectivity index (χ4n) is 3.19. The number of imide groups is 2. The number of urea groups is 1. The smallest absolute Gasteiger partial charge is 0.335 e. The number of carbonyl (C=O) groups is 3. The van der Waals surface area contributed by atoms with E-state index in [2.05, 4.69) is 5.32 Å². The Bertz CT molecular complexity index is 1270. The number of rotatable bonds is 5. The highest BCUT2D eigenvalue weighted by Crippen LogP contribution is 2.27. The number of nitrogens with one attached hydrogen (secondary N) is 1. The minimum absolute atomic E-state index is 0.189. The Morgan fingerprint density at radius 2 is 1.70 bits per heavy atom. The largest absolute Gasteiger partial charge is 0.489 e. The average molecular weight is 465 g/mol. The Labute approximate surface area is 194 Å². The number of benzene rings is 3. The van der Waals surface area contributed by atoms with Crippen LogP contribution in [0.15, 0.2) is 72.3 Å². The third-order valence-corrected chi connectivity index (χ3v) is 5.43. The van der Waals surface area contributed by atoms with Gasteiger partial charge in [-0.15, -0.1) is 0 Å². The molecule has 0 bridgehead atoms. The molecule has 0 aromatic heterocycles. The molecule has 1 heterocycles. The van der Waals surface area contributed by atoms with Gasteiger partial charge in [0.25, 0.3) is 11.8 Å². The molecule has 4 amide bonds. The zero-order chi connectivity index (χ0) is 23.5. The maximum atomic E-state index is 13.0. The lowest BCUT2D eigenvalue weighted by molar-refractivity contribution is -0.122. The van der Waals surface area contributed by atoms with Crippen LogP contribution in [0.5, 0.6) is 5.75 Å². The summed E-state index contributed by atoms with van der Waals surface area (Å²) >= 11 is 6.13. The van der Waals surface area contributed by atoms with Gasteiger partial charge >= 0.3 is 6.03 Å². The molecule has 1 aliphatic heterocycles. The summed E-state index contributed by atoms with van der Waals surface area (Å²) in [5, 5.41) is 2.58. The highest BCUT2D eigenvalue weighted by Gasteiger charge is 2.36. The summed E-state index contributed by atoms with van der Waals surface area (Å²) < 4.78 is 18.7. The van der Waals surface area contributed by atoms with Crippen molar-refractivity contribution in [2.45, 2.75) is 13.5 Å². The number of barbiturate groups is 1. The van der Waals surface area contributed by atoms with Crippen LogP contribution in [0.1, 0.15) is 16.7 Å². The quantitative estimate of drug-likeness (QED) is 0.424. The van der Waals surface area contributed by atoms with E-state index < -0.39 is 17.8 Å². The maximum absolute atomic E-state index is 13.0. The molecule has 166 valence electrons. The van der Waals surface area contributed by atoms with Crippen molar-refractivity contribution in [1.82, 2.24) is 5.32 Å². The molecule has 33 heavy (non-hydrogen) atoms. The Morgan fingerprint density at radius 1 is 1.00 bits per heavy atom. The molecule has 1 aliphatic rings. The number of hydrogen-bond donors (Lipinski definition) is 1. The third-order valence-electron chi connectivity index (χ3n) is 5.03. The highest BCUT2D eigenvalue weighted by atomic mass is 35.5. The van der Waals surface area contributed by atoms with E-state index in [0.717, 1.165) is 16.0 Å². The molecular formula is C25H18ClFN2O4. The van der Waals surface area contributed by atoms with Crippen LogP contribution >= 0.6 is 11.6 Å². The summed E-state index contributed by atoms with van der Waals surface area (Å²) in [4.78, 5) is 38.5. The highest BCUT2D eigenvalue weighted by molar-refractivity contribution is 6.39. The van der Waals surface area contributed by atoms with Gasteiger partial charge in [-0.1, -0.05) is 41.9 Å². The maximum Gasteiger partial charge on any atom is 0.335 e. The van der Waals surface area contributed by atoms with Crippen LogP contribution in [-0.2, 0) is 16.2 Å². The molecule has 6 nitrogen and oxygen atoms in total. The van der Waals surface area contributed by atoms with E-state index in [1.165, 1.54) is 24.3 Å². The van der Waals surface area contributed by atoms with Crippen LogP contribution in [0.3, 0.4) is 0 Å². The first-order valence-electron chi connectivity index (χ1n) is 9.97. The molecule has 0 aliphatic carbocycles. The number of ether oxygens (including phenoxy) is 1. The van der Waals surface area contributed by atoms with Crippen molar-refractivity contribution in [3.05, 3.63) is 99.8 Å². The fourth-order valence-corrected chi connectivity index (χ4v) is 3.36. The molecule has 4 rings (SSSR count). The van der Waals surface area contributed by atoms with Gasteiger partial charge in [-0.25, -0.2) is 14.1 Å². The Morgan fingerprint density at radius 3 is 2.36 bits per heavy atom. The molecule has 3 aromatic carbocycles.